The third-order valence-corrected chi connectivity index (χ3v) is 2.13. The molecule has 17 heavy (non-hydrogen) atoms. The van der Waals surface area contributed by atoms with E-state index in [1.54, 1.807) is 24.0 Å². The van der Waals surface area contributed by atoms with E-state index in [1.165, 1.54) is 12.3 Å². The van der Waals surface area contributed by atoms with Crippen molar-refractivity contribution in [2.45, 2.75) is 0 Å². The zero-order valence-electron chi connectivity index (χ0n) is 9.08. The van der Waals surface area contributed by atoms with Crippen LogP contribution in [0.5, 0.6) is 0 Å². The molecule has 0 aliphatic carbocycles. The third kappa shape index (κ3) is 2.33. The van der Waals surface area contributed by atoms with E-state index in [9.17, 15) is 4.79 Å². The van der Waals surface area contributed by atoms with Crippen LogP contribution in [0.25, 0.3) is 0 Å². The smallest absolute Gasteiger partial charge is 0.337 e. The lowest BCUT2D eigenvalue weighted by Gasteiger charge is -2.05. The Labute approximate surface area is 96.9 Å². The molecule has 2 aromatic heterocycles. The Morgan fingerprint density at radius 3 is 2.88 bits per heavy atom. The second-order valence-electron chi connectivity index (χ2n) is 3.46. The van der Waals surface area contributed by atoms with Crippen LogP contribution < -0.4 is 11.1 Å². The van der Waals surface area contributed by atoms with Crippen LogP contribution in [-0.4, -0.2) is 25.8 Å². The van der Waals surface area contributed by atoms with Gasteiger partial charge in [0.15, 0.2) is 5.82 Å². The lowest BCUT2D eigenvalue weighted by atomic mass is 10.2. The van der Waals surface area contributed by atoms with E-state index in [0.717, 1.165) is 0 Å². The predicted octanol–water partition coefficient (Wildman–Crippen LogP) is 0.839. The normalized spacial score (nSPS) is 10.2. The molecule has 0 aliphatic heterocycles. The van der Waals surface area contributed by atoms with Crippen molar-refractivity contribution in [1.82, 2.24) is 14.8 Å². The molecule has 7 heteroatoms. The highest BCUT2D eigenvalue weighted by Crippen LogP contribution is 2.17. The number of aryl methyl sites for hydroxylation is 1. The van der Waals surface area contributed by atoms with Gasteiger partial charge in [0.2, 0.25) is 0 Å². The second kappa shape index (κ2) is 4.12. The number of carbonyl (C=O) groups is 1. The summed E-state index contributed by atoms with van der Waals surface area (Å²) in [6.45, 7) is 0. The summed E-state index contributed by atoms with van der Waals surface area (Å²) in [5.74, 6) is -0.120. The van der Waals surface area contributed by atoms with Gasteiger partial charge in [0, 0.05) is 19.3 Å². The summed E-state index contributed by atoms with van der Waals surface area (Å²) in [6, 6.07) is 3.12. The van der Waals surface area contributed by atoms with Crippen molar-refractivity contribution in [2.24, 2.45) is 7.05 Å². The molecule has 0 atom stereocenters. The molecule has 7 nitrogen and oxygen atoms in total. The number of aromatic carboxylic acids is 1. The first-order valence-corrected chi connectivity index (χ1v) is 4.82. The number of carboxylic acids is 1. The van der Waals surface area contributed by atoms with Gasteiger partial charge in [-0.1, -0.05) is 0 Å². The molecular weight excluding hydrogens is 222 g/mol. The minimum Gasteiger partial charge on any atom is -0.478 e. The van der Waals surface area contributed by atoms with Crippen LogP contribution in [0.2, 0.25) is 0 Å². The Balaban J connectivity index is 2.28. The van der Waals surface area contributed by atoms with Crippen molar-refractivity contribution in [1.29, 1.82) is 0 Å². The largest absolute Gasteiger partial charge is 0.478 e. The highest BCUT2D eigenvalue weighted by atomic mass is 16.4. The van der Waals surface area contributed by atoms with Gasteiger partial charge in [-0.25, -0.2) is 9.78 Å². The molecule has 2 heterocycles. The first kappa shape index (κ1) is 10.9. The molecule has 0 saturated heterocycles. The molecule has 0 aliphatic rings. The van der Waals surface area contributed by atoms with Gasteiger partial charge in [-0.15, -0.1) is 0 Å². The summed E-state index contributed by atoms with van der Waals surface area (Å²) in [4.78, 5) is 14.9. The summed E-state index contributed by atoms with van der Waals surface area (Å²) in [7, 11) is 1.78. The van der Waals surface area contributed by atoms with E-state index in [4.69, 9.17) is 10.8 Å². The fraction of sp³-hybridized carbons (Fsp3) is 0.100. The average Bonchev–Trinajstić information content (AvgIpc) is 2.66. The molecule has 4 N–H and O–H groups in total. The van der Waals surface area contributed by atoms with Gasteiger partial charge in [-0.2, -0.15) is 5.10 Å². The number of hydrogen-bond donors (Lipinski definition) is 3. The summed E-state index contributed by atoms with van der Waals surface area (Å²) in [5, 5.41) is 15.9. The topological polar surface area (TPSA) is 106 Å². The number of hydrogen-bond acceptors (Lipinski definition) is 5. The van der Waals surface area contributed by atoms with Gasteiger partial charge >= 0.3 is 5.97 Å². The number of pyridine rings is 1. The Morgan fingerprint density at radius 1 is 1.53 bits per heavy atom. The van der Waals surface area contributed by atoms with E-state index in [0.29, 0.717) is 11.6 Å². The fourth-order valence-electron chi connectivity index (χ4n) is 1.33. The minimum absolute atomic E-state index is 0.0124. The molecule has 0 fully saturated rings. The molecule has 88 valence electrons. The molecule has 0 radical (unpaired) electrons. The first-order valence-electron chi connectivity index (χ1n) is 4.82. The van der Waals surface area contributed by atoms with Gasteiger partial charge < -0.3 is 16.2 Å². The number of carboxylic acid groups (broad SMARTS) is 1. The molecule has 0 spiro atoms. The van der Waals surface area contributed by atoms with Crippen molar-refractivity contribution in [3.63, 3.8) is 0 Å². The molecule has 0 unspecified atom stereocenters. The van der Waals surface area contributed by atoms with Crippen molar-refractivity contribution in [3.8, 4) is 0 Å². The summed E-state index contributed by atoms with van der Waals surface area (Å²) < 4.78 is 1.62. The number of nitrogens with zero attached hydrogens (tertiary/aromatic N) is 3. The lowest BCUT2D eigenvalue weighted by molar-refractivity contribution is 0.0698. The third-order valence-electron chi connectivity index (χ3n) is 2.13. The molecule has 2 aromatic rings. The molecule has 0 amide bonds. The number of rotatable bonds is 3. The van der Waals surface area contributed by atoms with Crippen molar-refractivity contribution in [3.05, 3.63) is 30.1 Å². The number of nitrogens with two attached hydrogens (primary N) is 1. The second-order valence-corrected chi connectivity index (χ2v) is 3.46. The maximum absolute atomic E-state index is 10.9. The summed E-state index contributed by atoms with van der Waals surface area (Å²) in [5.41, 5.74) is 5.64. The summed E-state index contributed by atoms with van der Waals surface area (Å²) in [6.07, 6.45) is 3.06. The highest BCUT2D eigenvalue weighted by molar-refractivity contribution is 5.94. The van der Waals surface area contributed by atoms with Crippen LogP contribution in [0.3, 0.4) is 0 Å². The zero-order valence-corrected chi connectivity index (χ0v) is 9.08. The maximum Gasteiger partial charge on any atom is 0.337 e. The van der Waals surface area contributed by atoms with Crippen LogP contribution in [-0.2, 0) is 7.05 Å². The summed E-state index contributed by atoms with van der Waals surface area (Å²) >= 11 is 0. The van der Waals surface area contributed by atoms with Gasteiger partial charge in [-0.05, 0) is 6.07 Å². The average molecular weight is 233 g/mol. The predicted molar refractivity (Wildman–Crippen MR) is 62.1 cm³/mol. The lowest BCUT2D eigenvalue weighted by Crippen LogP contribution is -2.05. The van der Waals surface area contributed by atoms with Gasteiger partial charge in [0.05, 0.1) is 17.4 Å². The Bertz CT molecular complexity index is 564. The van der Waals surface area contributed by atoms with Crippen molar-refractivity contribution in [2.75, 3.05) is 11.1 Å². The molecule has 0 aromatic carbocycles. The standard InChI is InChI=1S/C10H11N5O2/c1-15-3-2-8(14-15)13-9-4-6(10(16)17)7(11)5-12-9/h2-5H,11H2,1H3,(H,16,17)(H,12,13,14). The number of aromatic nitrogens is 3. The SMILES string of the molecule is Cn1ccc(Nc2cc(C(=O)O)c(N)cn2)n1. The van der Waals surface area contributed by atoms with Crippen LogP contribution in [0, 0.1) is 0 Å². The maximum atomic E-state index is 10.9. The zero-order chi connectivity index (χ0) is 12.4. The highest BCUT2D eigenvalue weighted by Gasteiger charge is 2.10. The Hall–Kier alpha value is -2.57. The number of nitrogen functional groups attached to an aromatic ring is 1. The number of nitrogens with one attached hydrogen (secondary N) is 1. The monoisotopic (exact) mass is 233 g/mol. The van der Waals surface area contributed by atoms with E-state index < -0.39 is 5.97 Å². The molecule has 0 saturated carbocycles. The van der Waals surface area contributed by atoms with Crippen LogP contribution in [0.4, 0.5) is 17.3 Å². The van der Waals surface area contributed by atoms with Gasteiger partial charge in [0.1, 0.15) is 5.82 Å². The molecule has 2 rings (SSSR count). The van der Waals surface area contributed by atoms with Crippen LogP contribution in [0.1, 0.15) is 10.4 Å². The Morgan fingerprint density at radius 2 is 2.29 bits per heavy atom. The first-order chi connectivity index (χ1) is 8.06. The van der Waals surface area contributed by atoms with Crippen molar-refractivity contribution >= 4 is 23.3 Å². The van der Waals surface area contributed by atoms with E-state index >= 15 is 0 Å². The van der Waals surface area contributed by atoms with E-state index in [1.807, 2.05) is 0 Å². The fourth-order valence-corrected chi connectivity index (χ4v) is 1.33. The minimum atomic E-state index is -1.09. The van der Waals surface area contributed by atoms with E-state index in [-0.39, 0.29) is 11.3 Å². The van der Waals surface area contributed by atoms with Crippen molar-refractivity contribution < 1.29 is 9.90 Å². The molecule has 0 bridgehead atoms. The van der Waals surface area contributed by atoms with Gasteiger partial charge in [-0.3, -0.25) is 4.68 Å². The number of anilines is 3. The van der Waals surface area contributed by atoms with Crippen LogP contribution >= 0.6 is 0 Å². The quantitative estimate of drug-likeness (QED) is 0.725. The Kier molecular flexibility index (Phi) is 2.65. The molecular formula is C10H11N5O2. The van der Waals surface area contributed by atoms with Crippen LogP contribution in [0.15, 0.2) is 24.5 Å². The van der Waals surface area contributed by atoms with Gasteiger partial charge in [0.25, 0.3) is 0 Å². The van der Waals surface area contributed by atoms with E-state index in [2.05, 4.69) is 15.4 Å².